The molecular formula is C24H20N4O2. The van der Waals surface area contributed by atoms with E-state index in [1.54, 1.807) is 12.3 Å². The second kappa shape index (κ2) is 9.34. The highest BCUT2D eigenvalue weighted by Crippen LogP contribution is 2.23. The Balaban J connectivity index is 1.39. The molecular weight excluding hydrogens is 376 g/mol. The van der Waals surface area contributed by atoms with Crippen LogP contribution in [0, 0.1) is 0 Å². The molecule has 1 amide bonds. The Morgan fingerprint density at radius 1 is 0.967 bits per heavy atom. The molecule has 4 aromatic rings. The van der Waals surface area contributed by atoms with Gasteiger partial charge in [-0.05, 0) is 29.3 Å². The molecule has 1 heterocycles. The first kappa shape index (κ1) is 19.1. The standard InChI is InChI=1S/C24H20N4O2/c29-24(28-25-16-18-8-3-1-4-9-18)23-15-22(26-27-23)20-12-7-13-21(14-20)30-17-19-10-5-2-6-11-19/h1-16H,17H2,(H,26,27)(H,28,29). The van der Waals surface area contributed by atoms with Gasteiger partial charge in [0.05, 0.1) is 11.9 Å². The summed E-state index contributed by atoms with van der Waals surface area (Å²) in [7, 11) is 0. The number of carbonyl (C=O) groups is 1. The van der Waals surface area contributed by atoms with E-state index in [0.29, 0.717) is 18.0 Å². The smallest absolute Gasteiger partial charge is 0.289 e. The molecule has 0 fully saturated rings. The lowest BCUT2D eigenvalue weighted by molar-refractivity contribution is 0.0950. The summed E-state index contributed by atoms with van der Waals surface area (Å²) in [5, 5.41) is 11.0. The minimum Gasteiger partial charge on any atom is -0.489 e. The van der Waals surface area contributed by atoms with Gasteiger partial charge >= 0.3 is 0 Å². The van der Waals surface area contributed by atoms with Crippen molar-refractivity contribution in [1.82, 2.24) is 15.6 Å². The lowest BCUT2D eigenvalue weighted by atomic mass is 10.1. The molecule has 30 heavy (non-hydrogen) atoms. The number of nitrogens with zero attached hydrogens (tertiary/aromatic N) is 2. The number of ether oxygens (including phenoxy) is 1. The third-order valence-corrected chi connectivity index (χ3v) is 4.38. The molecule has 1 aromatic heterocycles. The highest BCUT2D eigenvalue weighted by Gasteiger charge is 2.11. The fraction of sp³-hybridized carbons (Fsp3) is 0.0417. The highest BCUT2D eigenvalue weighted by molar-refractivity contribution is 5.94. The van der Waals surface area contributed by atoms with Crippen molar-refractivity contribution in [2.24, 2.45) is 5.10 Å². The summed E-state index contributed by atoms with van der Waals surface area (Å²) in [6.07, 6.45) is 1.59. The van der Waals surface area contributed by atoms with E-state index in [4.69, 9.17) is 4.74 Å². The van der Waals surface area contributed by atoms with Crippen molar-refractivity contribution in [2.75, 3.05) is 0 Å². The summed E-state index contributed by atoms with van der Waals surface area (Å²) in [4.78, 5) is 12.3. The predicted octanol–water partition coefficient (Wildman–Crippen LogP) is 4.42. The van der Waals surface area contributed by atoms with Gasteiger partial charge in [0.15, 0.2) is 0 Å². The van der Waals surface area contributed by atoms with Crippen LogP contribution in [0.25, 0.3) is 11.3 Å². The number of aromatic nitrogens is 2. The Morgan fingerprint density at radius 3 is 2.53 bits per heavy atom. The maximum atomic E-state index is 12.3. The lowest BCUT2D eigenvalue weighted by Crippen LogP contribution is -2.17. The van der Waals surface area contributed by atoms with Crippen LogP contribution < -0.4 is 10.2 Å². The van der Waals surface area contributed by atoms with Crippen LogP contribution in [-0.2, 0) is 6.61 Å². The Kier molecular flexibility index (Phi) is 5.96. The summed E-state index contributed by atoms with van der Waals surface area (Å²) >= 11 is 0. The molecule has 0 aliphatic carbocycles. The number of hydrogen-bond acceptors (Lipinski definition) is 4. The van der Waals surface area contributed by atoms with Crippen LogP contribution in [-0.4, -0.2) is 22.3 Å². The molecule has 4 rings (SSSR count). The Hall–Kier alpha value is -4.19. The number of hydrogen-bond donors (Lipinski definition) is 2. The van der Waals surface area contributed by atoms with Crippen molar-refractivity contribution in [1.29, 1.82) is 0 Å². The molecule has 3 aromatic carbocycles. The zero-order valence-corrected chi connectivity index (χ0v) is 16.2. The molecule has 0 aliphatic rings. The summed E-state index contributed by atoms with van der Waals surface area (Å²) < 4.78 is 5.87. The number of H-pyrrole nitrogens is 1. The number of aromatic amines is 1. The van der Waals surface area contributed by atoms with E-state index in [0.717, 1.165) is 22.4 Å². The van der Waals surface area contributed by atoms with Crippen LogP contribution in [0.4, 0.5) is 0 Å². The van der Waals surface area contributed by atoms with Gasteiger partial charge < -0.3 is 4.74 Å². The maximum absolute atomic E-state index is 12.3. The first-order chi connectivity index (χ1) is 14.8. The fourth-order valence-electron chi connectivity index (χ4n) is 2.84. The minimum absolute atomic E-state index is 0.325. The van der Waals surface area contributed by atoms with E-state index in [-0.39, 0.29) is 5.91 Å². The van der Waals surface area contributed by atoms with Crippen LogP contribution in [0.2, 0.25) is 0 Å². The molecule has 0 aliphatic heterocycles. The molecule has 6 nitrogen and oxygen atoms in total. The van der Waals surface area contributed by atoms with E-state index in [9.17, 15) is 4.79 Å². The van der Waals surface area contributed by atoms with Gasteiger partial charge in [-0.25, -0.2) is 5.43 Å². The molecule has 0 radical (unpaired) electrons. The Bertz CT molecular complexity index is 1140. The largest absolute Gasteiger partial charge is 0.489 e. The molecule has 0 saturated carbocycles. The van der Waals surface area contributed by atoms with E-state index in [1.165, 1.54) is 0 Å². The van der Waals surface area contributed by atoms with E-state index < -0.39 is 0 Å². The zero-order chi connectivity index (χ0) is 20.6. The average Bonchev–Trinajstić information content (AvgIpc) is 3.30. The molecule has 6 heteroatoms. The van der Waals surface area contributed by atoms with E-state index in [1.807, 2.05) is 84.9 Å². The van der Waals surface area contributed by atoms with E-state index >= 15 is 0 Å². The highest BCUT2D eigenvalue weighted by atomic mass is 16.5. The van der Waals surface area contributed by atoms with Gasteiger partial charge in [-0.3, -0.25) is 9.89 Å². The Morgan fingerprint density at radius 2 is 1.73 bits per heavy atom. The van der Waals surface area contributed by atoms with Gasteiger partial charge in [0.1, 0.15) is 18.1 Å². The number of benzene rings is 3. The fourth-order valence-corrected chi connectivity index (χ4v) is 2.84. The van der Waals surface area contributed by atoms with Crippen molar-refractivity contribution < 1.29 is 9.53 Å². The summed E-state index contributed by atoms with van der Waals surface area (Å²) in [5.41, 5.74) is 6.32. The molecule has 0 unspecified atom stereocenters. The first-order valence-corrected chi connectivity index (χ1v) is 9.49. The molecule has 2 N–H and O–H groups in total. The molecule has 148 valence electrons. The number of nitrogens with one attached hydrogen (secondary N) is 2. The number of rotatable bonds is 7. The minimum atomic E-state index is -0.364. The van der Waals surface area contributed by atoms with Gasteiger partial charge in [0.25, 0.3) is 5.91 Å². The van der Waals surface area contributed by atoms with Gasteiger partial charge in [0.2, 0.25) is 0 Å². The van der Waals surface area contributed by atoms with Crippen molar-refractivity contribution >= 4 is 12.1 Å². The van der Waals surface area contributed by atoms with E-state index in [2.05, 4.69) is 20.7 Å². The zero-order valence-electron chi connectivity index (χ0n) is 16.2. The quantitative estimate of drug-likeness (QED) is 0.358. The van der Waals surface area contributed by atoms with Crippen molar-refractivity contribution in [3.8, 4) is 17.0 Å². The predicted molar refractivity (Wildman–Crippen MR) is 116 cm³/mol. The molecule has 0 atom stereocenters. The van der Waals surface area contributed by atoms with Gasteiger partial charge in [-0.1, -0.05) is 72.8 Å². The van der Waals surface area contributed by atoms with Crippen LogP contribution in [0.5, 0.6) is 5.75 Å². The second-order valence-corrected chi connectivity index (χ2v) is 6.58. The molecule has 0 bridgehead atoms. The summed E-state index contributed by atoms with van der Waals surface area (Å²) in [6.45, 7) is 0.484. The lowest BCUT2D eigenvalue weighted by Gasteiger charge is -2.07. The third-order valence-electron chi connectivity index (χ3n) is 4.38. The van der Waals surface area contributed by atoms with Crippen LogP contribution in [0.3, 0.4) is 0 Å². The van der Waals surface area contributed by atoms with Crippen LogP contribution >= 0.6 is 0 Å². The SMILES string of the molecule is O=C(NN=Cc1ccccc1)c1cc(-c2cccc(OCc3ccccc3)c2)n[nH]1. The van der Waals surface area contributed by atoms with Crippen molar-refractivity contribution in [3.63, 3.8) is 0 Å². The molecule has 0 spiro atoms. The van der Waals surface area contributed by atoms with Gasteiger partial charge in [-0.2, -0.15) is 10.2 Å². The monoisotopic (exact) mass is 396 g/mol. The summed E-state index contributed by atoms with van der Waals surface area (Å²) in [5.74, 6) is 0.371. The number of amides is 1. The maximum Gasteiger partial charge on any atom is 0.289 e. The van der Waals surface area contributed by atoms with Crippen LogP contribution in [0.15, 0.2) is 96.1 Å². The summed E-state index contributed by atoms with van der Waals surface area (Å²) in [6, 6.07) is 28.8. The van der Waals surface area contributed by atoms with Crippen molar-refractivity contribution in [2.45, 2.75) is 6.61 Å². The van der Waals surface area contributed by atoms with Gasteiger partial charge in [-0.15, -0.1) is 0 Å². The second-order valence-electron chi connectivity index (χ2n) is 6.58. The number of carbonyl (C=O) groups excluding carboxylic acids is 1. The normalized spacial score (nSPS) is 10.8. The topological polar surface area (TPSA) is 79.4 Å². The van der Waals surface area contributed by atoms with Gasteiger partial charge in [0, 0.05) is 5.56 Å². The average molecular weight is 396 g/mol. The first-order valence-electron chi connectivity index (χ1n) is 9.49. The third kappa shape index (κ3) is 4.99. The van der Waals surface area contributed by atoms with Crippen molar-refractivity contribution in [3.05, 3.63) is 108 Å². The van der Waals surface area contributed by atoms with Crippen LogP contribution in [0.1, 0.15) is 21.6 Å². The Labute approximate surface area is 174 Å². The number of hydrazone groups is 1. The molecule has 0 saturated heterocycles.